The van der Waals surface area contributed by atoms with Crippen molar-refractivity contribution in [3.05, 3.63) is 23.2 Å². The maximum Gasteiger partial charge on any atom is 0.176 e. The summed E-state index contributed by atoms with van der Waals surface area (Å²) in [6.45, 7) is 5.06. The summed E-state index contributed by atoms with van der Waals surface area (Å²) in [6, 6.07) is 5.54. The van der Waals surface area contributed by atoms with E-state index >= 15 is 0 Å². The molecule has 2 heterocycles. The van der Waals surface area contributed by atoms with Crippen molar-refractivity contribution in [2.75, 3.05) is 0 Å². The molecule has 3 nitrogen and oxygen atoms in total. The van der Waals surface area contributed by atoms with Crippen molar-refractivity contribution in [1.29, 1.82) is 0 Å². The van der Waals surface area contributed by atoms with Crippen LogP contribution < -0.4 is 0 Å². The highest BCUT2D eigenvalue weighted by Gasteiger charge is 2.26. The number of rotatable bonds is 0. The average molecular weight is 249 g/mol. The van der Waals surface area contributed by atoms with Gasteiger partial charge in [0.05, 0.1) is 5.52 Å². The summed E-state index contributed by atoms with van der Waals surface area (Å²) in [5.41, 5.74) is 0.984. The van der Waals surface area contributed by atoms with E-state index in [0.29, 0.717) is 10.8 Å². The van der Waals surface area contributed by atoms with E-state index in [9.17, 15) is 5.11 Å². The minimum atomic E-state index is 0.00499. The number of aliphatic imine (C=N–C) groups is 1. The Hall–Kier alpha value is -1.48. The smallest absolute Gasteiger partial charge is 0.176 e. The zero-order valence-electron chi connectivity index (χ0n) is 9.74. The van der Waals surface area contributed by atoms with Gasteiger partial charge in [0.15, 0.2) is 11.6 Å². The van der Waals surface area contributed by atoms with Gasteiger partial charge >= 0.3 is 0 Å². The Balaban J connectivity index is 2.35. The topological polar surface area (TPSA) is 37.5 Å². The van der Waals surface area contributed by atoms with Crippen LogP contribution in [0.4, 0.5) is 5.82 Å². The Morgan fingerprint density at radius 3 is 2.94 bits per heavy atom. The fraction of sp³-hybridized carbons (Fsp3) is 0.308. The minimum Gasteiger partial charge on any atom is -0.504 e. The van der Waals surface area contributed by atoms with Gasteiger partial charge in [-0.25, -0.2) is 4.99 Å². The van der Waals surface area contributed by atoms with Gasteiger partial charge in [-0.15, -0.1) is 0 Å². The molecular formula is C13H13ClN2O. The molecule has 3 rings (SSSR count). The lowest BCUT2D eigenvalue weighted by Gasteiger charge is -2.25. The second kappa shape index (κ2) is 3.26. The van der Waals surface area contributed by atoms with Gasteiger partial charge in [0, 0.05) is 28.6 Å². The van der Waals surface area contributed by atoms with Crippen molar-refractivity contribution >= 4 is 34.5 Å². The highest BCUT2D eigenvalue weighted by atomic mass is 35.5. The van der Waals surface area contributed by atoms with Crippen LogP contribution in [0, 0.1) is 5.41 Å². The third-order valence-electron chi connectivity index (χ3n) is 3.07. The molecule has 0 unspecified atom stereocenters. The third-order valence-corrected chi connectivity index (χ3v) is 3.31. The van der Waals surface area contributed by atoms with E-state index in [-0.39, 0.29) is 11.2 Å². The first-order chi connectivity index (χ1) is 7.98. The van der Waals surface area contributed by atoms with Crippen LogP contribution in [0.5, 0.6) is 5.75 Å². The predicted molar refractivity (Wildman–Crippen MR) is 70.5 cm³/mol. The Morgan fingerprint density at radius 1 is 1.41 bits per heavy atom. The summed E-state index contributed by atoms with van der Waals surface area (Å²) in [5, 5.41) is 11.5. The number of hydrogen-bond acceptors (Lipinski definition) is 2. The van der Waals surface area contributed by atoms with E-state index in [1.807, 2.05) is 22.9 Å². The van der Waals surface area contributed by atoms with Gasteiger partial charge in [-0.05, 0) is 18.2 Å². The number of hydrogen-bond donors (Lipinski definition) is 1. The maximum atomic E-state index is 10.1. The van der Waals surface area contributed by atoms with Crippen molar-refractivity contribution in [3.8, 4) is 5.75 Å². The molecule has 0 saturated carbocycles. The van der Waals surface area contributed by atoms with Crippen LogP contribution in [0.1, 0.15) is 13.8 Å². The van der Waals surface area contributed by atoms with E-state index in [4.69, 9.17) is 11.6 Å². The molecule has 1 aliphatic rings. The molecule has 0 amide bonds. The lowest BCUT2D eigenvalue weighted by atomic mass is 9.94. The maximum absolute atomic E-state index is 10.1. The normalized spacial score (nSPS) is 17.4. The largest absolute Gasteiger partial charge is 0.504 e. The van der Waals surface area contributed by atoms with Crippen LogP contribution in [0.2, 0.25) is 5.02 Å². The van der Waals surface area contributed by atoms with Gasteiger partial charge in [0.2, 0.25) is 0 Å². The number of benzene rings is 1. The molecule has 0 bridgehead atoms. The zero-order valence-corrected chi connectivity index (χ0v) is 10.5. The monoisotopic (exact) mass is 248 g/mol. The lowest BCUT2D eigenvalue weighted by Crippen LogP contribution is -2.23. The SMILES string of the molecule is CC1(C)C=Nc2c(O)c3cc(Cl)ccc3n2C1. The minimum absolute atomic E-state index is 0.00499. The Kier molecular flexibility index (Phi) is 2.05. The molecule has 0 radical (unpaired) electrons. The van der Waals surface area contributed by atoms with Crippen molar-refractivity contribution in [2.24, 2.45) is 10.4 Å². The Labute approximate surface area is 104 Å². The highest BCUT2D eigenvalue weighted by Crippen LogP contribution is 2.42. The molecule has 2 aromatic rings. The van der Waals surface area contributed by atoms with Gasteiger partial charge in [0.1, 0.15) is 0 Å². The van der Waals surface area contributed by atoms with Gasteiger partial charge in [-0.2, -0.15) is 0 Å². The van der Waals surface area contributed by atoms with Gasteiger partial charge < -0.3 is 9.67 Å². The first-order valence-electron chi connectivity index (χ1n) is 5.54. The zero-order chi connectivity index (χ0) is 12.2. The molecule has 0 atom stereocenters. The summed E-state index contributed by atoms with van der Waals surface area (Å²) < 4.78 is 2.04. The van der Waals surface area contributed by atoms with Crippen LogP contribution >= 0.6 is 11.6 Å². The molecule has 1 aromatic carbocycles. The molecule has 4 heteroatoms. The van der Waals surface area contributed by atoms with E-state index in [0.717, 1.165) is 17.4 Å². The fourth-order valence-corrected chi connectivity index (χ4v) is 2.44. The van der Waals surface area contributed by atoms with E-state index < -0.39 is 0 Å². The van der Waals surface area contributed by atoms with Gasteiger partial charge in [0.25, 0.3) is 0 Å². The summed E-state index contributed by atoms with van der Waals surface area (Å²) in [4.78, 5) is 4.36. The Morgan fingerprint density at radius 2 is 2.18 bits per heavy atom. The lowest BCUT2D eigenvalue weighted by molar-refractivity contribution is 0.429. The van der Waals surface area contributed by atoms with Crippen molar-refractivity contribution in [2.45, 2.75) is 20.4 Å². The average Bonchev–Trinajstić information content (AvgIpc) is 2.51. The van der Waals surface area contributed by atoms with E-state index in [2.05, 4.69) is 18.8 Å². The van der Waals surface area contributed by atoms with Crippen LogP contribution in [0.3, 0.4) is 0 Å². The molecular weight excluding hydrogens is 236 g/mol. The molecule has 0 spiro atoms. The quantitative estimate of drug-likeness (QED) is 0.758. The molecule has 0 saturated heterocycles. The summed E-state index contributed by atoms with van der Waals surface area (Å²) in [7, 11) is 0. The number of fused-ring (bicyclic) bond motifs is 3. The van der Waals surface area contributed by atoms with Gasteiger partial charge in [-0.1, -0.05) is 25.4 Å². The first-order valence-corrected chi connectivity index (χ1v) is 5.92. The molecule has 1 aliphatic heterocycles. The number of halogens is 1. The van der Waals surface area contributed by atoms with Crippen LogP contribution in [-0.2, 0) is 6.54 Å². The van der Waals surface area contributed by atoms with Crippen molar-refractivity contribution < 1.29 is 5.11 Å². The van der Waals surface area contributed by atoms with Crippen molar-refractivity contribution in [1.82, 2.24) is 4.57 Å². The summed E-state index contributed by atoms with van der Waals surface area (Å²) >= 11 is 5.95. The van der Waals surface area contributed by atoms with Crippen LogP contribution in [-0.4, -0.2) is 15.9 Å². The second-order valence-corrected chi connectivity index (χ2v) is 5.60. The third kappa shape index (κ3) is 1.53. The number of aromatic hydroxyl groups is 1. The highest BCUT2D eigenvalue weighted by molar-refractivity contribution is 6.31. The van der Waals surface area contributed by atoms with Crippen molar-refractivity contribution in [3.63, 3.8) is 0 Å². The van der Waals surface area contributed by atoms with Gasteiger partial charge in [-0.3, -0.25) is 0 Å². The van der Waals surface area contributed by atoms with Crippen LogP contribution in [0.15, 0.2) is 23.2 Å². The standard InChI is InChI=1S/C13H13ClN2O/c1-13(2)6-15-12-11(17)9-5-8(14)3-4-10(9)16(12)7-13/h3-6,17H,7H2,1-2H3. The molecule has 1 aromatic heterocycles. The van der Waals surface area contributed by atoms with E-state index in [1.54, 1.807) is 6.07 Å². The summed E-state index contributed by atoms with van der Waals surface area (Å²) in [5.74, 6) is 0.843. The molecule has 0 aliphatic carbocycles. The van der Waals surface area contributed by atoms with Crippen LogP contribution in [0.25, 0.3) is 10.9 Å². The first kappa shape index (κ1) is 10.7. The number of aromatic nitrogens is 1. The predicted octanol–water partition coefficient (Wildman–Crippen LogP) is 3.74. The molecule has 17 heavy (non-hydrogen) atoms. The van der Waals surface area contributed by atoms with E-state index in [1.165, 1.54) is 0 Å². The number of nitrogens with zero attached hydrogens (tertiary/aromatic N) is 2. The summed E-state index contributed by atoms with van der Waals surface area (Å²) in [6.07, 6.45) is 1.89. The molecule has 1 N–H and O–H groups in total. The molecule has 0 fully saturated rings. The fourth-order valence-electron chi connectivity index (χ4n) is 2.27. The second-order valence-electron chi connectivity index (χ2n) is 5.17. The Bertz CT molecular complexity index is 640. The molecule has 88 valence electrons.